The molecule has 0 radical (unpaired) electrons. The average molecular weight is 282 g/mol. The molecule has 0 bridgehead atoms. The molecule has 2 aromatic rings. The van der Waals surface area contributed by atoms with E-state index < -0.39 is 0 Å². The van der Waals surface area contributed by atoms with Crippen LogP contribution in [0.2, 0.25) is 0 Å². The molecule has 1 aromatic carbocycles. The molecule has 0 saturated heterocycles. The van der Waals surface area contributed by atoms with Gasteiger partial charge < -0.3 is 5.32 Å². The molecule has 0 aliphatic rings. The number of aromatic nitrogens is 1. The summed E-state index contributed by atoms with van der Waals surface area (Å²) in [6.07, 6.45) is 1.79. The third-order valence-corrected chi connectivity index (χ3v) is 3.57. The van der Waals surface area contributed by atoms with Gasteiger partial charge in [0, 0.05) is 11.4 Å². The Morgan fingerprint density at radius 2 is 1.71 bits per heavy atom. The number of amides is 1. The molecular formula is C18H22N2O. The van der Waals surface area contributed by atoms with E-state index in [1.165, 1.54) is 0 Å². The summed E-state index contributed by atoms with van der Waals surface area (Å²) in [6, 6.07) is 9.95. The zero-order chi connectivity index (χ0) is 15.4. The quantitative estimate of drug-likeness (QED) is 0.918. The van der Waals surface area contributed by atoms with Crippen molar-refractivity contribution < 1.29 is 4.79 Å². The fourth-order valence-corrected chi connectivity index (χ4v) is 2.54. The van der Waals surface area contributed by atoms with Crippen LogP contribution < -0.4 is 5.32 Å². The second-order valence-corrected chi connectivity index (χ2v) is 5.28. The maximum absolute atomic E-state index is 12.5. The minimum Gasteiger partial charge on any atom is -0.320 e. The van der Waals surface area contributed by atoms with Crippen LogP contribution >= 0.6 is 0 Å². The molecule has 0 aliphatic carbocycles. The second kappa shape index (κ2) is 6.53. The Bertz CT molecular complexity index is 620. The summed E-state index contributed by atoms with van der Waals surface area (Å²) < 4.78 is 0. The largest absolute Gasteiger partial charge is 0.320 e. The number of rotatable bonds is 4. The van der Waals surface area contributed by atoms with E-state index >= 15 is 0 Å². The monoisotopic (exact) mass is 282 g/mol. The highest BCUT2D eigenvalue weighted by Crippen LogP contribution is 2.23. The molecule has 3 heteroatoms. The van der Waals surface area contributed by atoms with Crippen molar-refractivity contribution in [3.05, 3.63) is 58.4 Å². The van der Waals surface area contributed by atoms with Gasteiger partial charge in [-0.15, -0.1) is 0 Å². The summed E-state index contributed by atoms with van der Waals surface area (Å²) >= 11 is 0. The predicted molar refractivity (Wildman–Crippen MR) is 86.9 cm³/mol. The number of pyridine rings is 1. The molecule has 1 heterocycles. The van der Waals surface area contributed by atoms with Crippen molar-refractivity contribution >= 4 is 11.6 Å². The Hall–Kier alpha value is -2.16. The van der Waals surface area contributed by atoms with E-state index in [2.05, 4.69) is 36.3 Å². The van der Waals surface area contributed by atoms with Crippen molar-refractivity contribution in [2.45, 2.75) is 40.5 Å². The van der Waals surface area contributed by atoms with E-state index in [0.717, 1.165) is 40.9 Å². The van der Waals surface area contributed by atoms with E-state index in [1.807, 2.05) is 32.0 Å². The summed E-state index contributed by atoms with van der Waals surface area (Å²) in [7, 11) is 0. The first kappa shape index (κ1) is 15.2. The van der Waals surface area contributed by atoms with Crippen LogP contribution in [0, 0.1) is 13.8 Å². The molecule has 1 aromatic heterocycles. The minimum atomic E-state index is -0.141. The number of carbonyl (C=O) groups excluding carboxylic acids is 1. The molecule has 3 nitrogen and oxygen atoms in total. The molecule has 0 unspecified atom stereocenters. The Kier molecular flexibility index (Phi) is 4.73. The summed E-state index contributed by atoms with van der Waals surface area (Å²) in [5.74, 6) is -0.141. The van der Waals surface area contributed by atoms with Crippen molar-refractivity contribution in [3.63, 3.8) is 0 Å². The van der Waals surface area contributed by atoms with Crippen LogP contribution in [0.5, 0.6) is 0 Å². The topological polar surface area (TPSA) is 42.0 Å². The van der Waals surface area contributed by atoms with Crippen LogP contribution in [0.1, 0.15) is 46.7 Å². The lowest BCUT2D eigenvalue weighted by Gasteiger charge is -2.14. The van der Waals surface area contributed by atoms with Gasteiger partial charge in [-0.1, -0.05) is 32.0 Å². The van der Waals surface area contributed by atoms with Gasteiger partial charge in [-0.2, -0.15) is 0 Å². The molecule has 0 spiro atoms. The SMILES string of the molecule is CCc1cccc(CC)c1NC(=O)c1cc(C)cc(C)n1. The van der Waals surface area contributed by atoms with Gasteiger partial charge in [0.05, 0.1) is 0 Å². The highest BCUT2D eigenvalue weighted by Gasteiger charge is 2.13. The number of benzene rings is 1. The maximum Gasteiger partial charge on any atom is 0.274 e. The van der Waals surface area contributed by atoms with Crippen molar-refractivity contribution in [1.82, 2.24) is 4.98 Å². The Morgan fingerprint density at radius 3 is 2.24 bits per heavy atom. The first-order valence-corrected chi connectivity index (χ1v) is 7.42. The number of aryl methyl sites for hydroxylation is 4. The predicted octanol–water partition coefficient (Wildman–Crippen LogP) is 4.08. The number of nitrogens with zero attached hydrogens (tertiary/aromatic N) is 1. The van der Waals surface area contributed by atoms with Gasteiger partial charge in [-0.25, -0.2) is 4.98 Å². The molecule has 110 valence electrons. The smallest absolute Gasteiger partial charge is 0.274 e. The molecular weight excluding hydrogens is 260 g/mol. The summed E-state index contributed by atoms with van der Waals surface area (Å²) in [5, 5.41) is 3.05. The normalized spacial score (nSPS) is 10.5. The molecule has 21 heavy (non-hydrogen) atoms. The van der Waals surface area contributed by atoms with Crippen LogP contribution in [0.15, 0.2) is 30.3 Å². The van der Waals surface area contributed by atoms with E-state index in [0.29, 0.717) is 5.69 Å². The summed E-state index contributed by atoms with van der Waals surface area (Å²) in [6.45, 7) is 8.07. The molecule has 0 saturated carbocycles. The van der Waals surface area contributed by atoms with Crippen molar-refractivity contribution in [2.75, 3.05) is 5.32 Å². The van der Waals surface area contributed by atoms with Gasteiger partial charge in [-0.05, 0) is 55.5 Å². The lowest BCUT2D eigenvalue weighted by atomic mass is 10.0. The van der Waals surface area contributed by atoms with Gasteiger partial charge >= 0.3 is 0 Å². The highest BCUT2D eigenvalue weighted by atomic mass is 16.1. The first-order chi connectivity index (χ1) is 10.0. The number of anilines is 1. The number of hydrogen-bond acceptors (Lipinski definition) is 2. The third-order valence-electron chi connectivity index (χ3n) is 3.57. The fraction of sp³-hybridized carbons (Fsp3) is 0.333. The van der Waals surface area contributed by atoms with E-state index in [1.54, 1.807) is 0 Å². The number of carbonyl (C=O) groups is 1. The van der Waals surface area contributed by atoms with Crippen molar-refractivity contribution in [1.29, 1.82) is 0 Å². The standard InChI is InChI=1S/C18H22N2O/c1-5-14-8-7-9-15(6-2)17(14)20-18(21)16-11-12(3)10-13(4)19-16/h7-11H,5-6H2,1-4H3,(H,20,21). The number of hydrogen-bond donors (Lipinski definition) is 1. The lowest BCUT2D eigenvalue weighted by Crippen LogP contribution is -2.16. The maximum atomic E-state index is 12.5. The Balaban J connectivity index is 2.35. The molecule has 1 amide bonds. The Morgan fingerprint density at radius 1 is 1.10 bits per heavy atom. The zero-order valence-electron chi connectivity index (χ0n) is 13.2. The van der Waals surface area contributed by atoms with Gasteiger partial charge in [-0.3, -0.25) is 4.79 Å². The molecule has 0 aliphatic heterocycles. The molecule has 0 fully saturated rings. The van der Waals surface area contributed by atoms with Gasteiger partial charge in [0.15, 0.2) is 0 Å². The minimum absolute atomic E-state index is 0.141. The first-order valence-electron chi connectivity index (χ1n) is 7.42. The second-order valence-electron chi connectivity index (χ2n) is 5.28. The fourth-order valence-electron chi connectivity index (χ4n) is 2.54. The Labute approximate surface area is 126 Å². The molecule has 2 rings (SSSR count). The van der Waals surface area contributed by atoms with E-state index in [-0.39, 0.29) is 5.91 Å². The summed E-state index contributed by atoms with van der Waals surface area (Å²) in [4.78, 5) is 16.8. The highest BCUT2D eigenvalue weighted by molar-refractivity contribution is 6.03. The molecule has 1 N–H and O–H groups in total. The number of nitrogens with one attached hydrogen (secondary N) is 1. The van der Waals surface area contributed by atoms with Crippen LogP contribution in [0.4, 0.5) is 5.69 Å². The average Bonchev–Trinajstić information content (AvgIpc) is 2.46. The van der Waals surface area contributed by atoms with Gasteiger partial charge in [0.2, 0.25) is 0 Å². The van der Waals surface area contributed by atoms with Gasteiger partial charge in [0.25, 0.3) is 5.91 Å². The van der Waals surface area contributed by atoms with Crippen LogP contribution in [0.25, 0.3) is 0 Å². The molecule has 0 atom stereocenters. The third kappa shape index (κ3) is 3.48. The van der Waals surface area contributed by atoms with E-state index in [9.17, 15) is 4.79 Å². The van der Waals surface area contributed by atoms with Crippen LogP contribution in [0.3, 0.4) is 0 Å². The van der Waals surface area contributed by atoms with Crippen molar-refractivity contribution in [2.24, 2.45) is 0 Å². The zero-order valence-corrected chi connectivity index (χ0v) is 13.2. The van der Waals surface area contributed by atoms with Crippen LogP contribution in [-0.2, 0) is 12.8 Å². The summed E-state index contributed by atoms with van der Waals surface area (Å²) in [5.41, 5.74) is 5.64. The van der Waals surface area contributed by atoms with Gasteiger partial charge in [0.1, 0.15) is 5.69 Å². The number of para-hydroxylation sites is 1. The van der Waals surface area contributed by atoms with Crippen LogP contribution in [-0.4, -0.2) is 10.9 Å². The lowest BCUT2D eigenvalue weighted by molar-refractivity contribution is 0.102. The van der Waals surface area contributed by atoms with E-state index in [4.69, 9.17) is 0 Å². The van der Waals surface area contributed by atoms with Crippen molar-refractivity contribution in [3.8, 4) is 0 Å².